The number of benzene rings is 1. The minimum Gasteiger partial charge on any atom is -0.353 e. The van der Waals surface area contributed by atoms with Gasteiger partial charge < -0.3 is 9.80 Å². The van der Waals surface area contributed by atoms with Crippen molar-refractivity contribution in [1.29, 1.82) is 0 Å². The Morgan fingerprint density at radius 1 is 1.11 bits per heavy atom. The zero-order valence-corrected chi connectivity index (χ0v) is 16.5. The molecule has 1 aromatic carbocycles. The highest BCUT2D eigenvalue weighted by Gasteiger charge is 2.18. The second-order valence-electron chi connectivity index (χ2n) is 6.99. The summed E-state index contributed by atoms with van der Waals surface area (Å²) in [6, 6.07) is 10.5. The highest BCUT2D eigenvalue weighted by molar-refractivity contribution is 5.48. The highest BCUT2D eigenvalue weighted by atomic mass is 15.4. The number of rotatable bonds is 8. The molecule has 1 fully saturated rings. The number of hydrogen-bond acceptors (Lipinski definition) is 6. The summed E-state index contributed by atoms with van der Waals surface area (Å²) in [4.78, 5) is 11.6. The predicted octanol–water partition coefficient (Wildman–Crippen LogP) is 2.94. The van der Waals surface area contributed by atoms with Gasteiger partial charge in [-0.25, -0.2) is 0 Å². The van der Waals surface area contributed by atoms with Crippen LogP contribution < -0.4 is 9.80 Å². The Labute approximate surface area is 162 Å². The van der Waals surface area contributed by atoms with E-state index in [4.69, 9.17) is 4.98 Å². The van der Waals surface area contributed by atoms with Crippen LogP contribution in [-0.4, -0.2) is 66.4 Å². The molecule has 0 aliphatic carbocycles. The third-order valence-electron chi connectivity index (χ3n) is 4.89. The first kappa shape index (κ1) is 19.3. The lowest BCUT2D eigenvalue weighted by atomic mass is 10.2. The van der Waals surface area contributed by atoms with Gasteiger partial charge in [0.1, 0.15) is 0 Å². The largest absolute Gasteiger partial charge is 0.353 e. The summed E-state index contributed by atoms with van der Waals surface area (Å²) in [5.41, 5.74) is 1.25. The first-order valence-corrected chi connectivity index (χ1v) is 9.86. The number of piperazine rings is 1. The van der Waals surface area contributed by atoms with Gasteiger partial charge in [-0.3, -0.25) is 4.90 Å². The number of nitrogens with zero attached hydrogens (tertiary/aromatic N) is 6. The third kappa shape index (κ3) is 5.76. The molecule has 2 heterocycles. The molecule has 2 aromatic rings. The van der Waals surface area contributed by atoms with Crippen molar-refractivity contribution in [3.05, 3.63) is 48.2 Å². The van der Waals surface area contributed by atoms with Crippen LogP contribution in [0.3, 0.4) is 0 Å². The number of unbranched alkanes of at least 4 members (excludes halogenated alkanes) is 1. The maximum absolute atomic E-state index is 4.72. The molecule has 6 nitrogen and oxygen atoms in total. The van der Waals surface area contributed by atoms with Gasteiger partial charge in [0.15, 0.2) is 5.82 Å². The molecule has 144 valence electrons. The van der Waals surface area contributed by atoms with E-state index in [1.807, 2.05) is 13.1 Å². The molecule has 3 rings (SSSR count). The van der Waals surface area contributed by atoms with E-state index in [0.717, 1.165) is 57.9 Å². The van der Waals surface area contributed by atoms with Crippen LogP contribution in [0.1, 0.15) is 25.3 Å². The Bertz CT molecular complexity index is 710. The quantitative estimate of drug-likeness (QED) is 0.716. The second-order valence-corrected chi connectivity index (χ2v) is 6.99. The van der Waals surface area contributed by atoms with Crippen LogP contribution in [-0.2, 0) is 0 Å². The van der Waals surface area contributed by atoms with Crippen LogP contribution in [0.4, 0.5) is 11.8 Å². The van der Waals surface area contributed by atoms with Gasteiger partial charge in [0.2, 0.25) is 5.95 Å². The van der Waals surface area contributed by atoms with Gasteiger partial charge in [-0.15, -0.1) is 5.10 Å². The Hall–Kier alpha value is -2.47. The molecule has 0 saturated carbocycles. The average Bonchev–Trinajstić information content (AvgIpc) is 2.73. The zero-order valence-electron chi connectivity index (χ0n) is 16.5. The van der Waals surface area contributed by atoms with Crippen LogP contribution in [0.5, 0.6) is 0 Å². The lowest BCUT2D eigenvalue weighted by Gasteiger charge is -2.34. The van der Waals surface area contributed by atoms with Crippen molar-refractivity contribution in [3.8, 4) is 0 Å². The molecule has 0 amide bonds. The summed E-state index contributed by atoms with van der Waals surface area (Å²) in [6.45, 7) is 8.14. The standard InChI is InChI=1S/C21H30N6/c1-3-4-12-25(2)21-23-20(18-22-24-21)27-16-14-26(15-17-27)13-8-11-19-9-6-5-7-10-19/h5-11,18H,3-4,12-17H2,1-2H3/b11-8+. The molecule has 0 bridgehead atoms. The van der Waals surface area contributed by atoms with E-state index in [9.17, 15) is 0 Å². The van der Waals surface area contributed by atoms with Crippen molar-refractivity contribution in [1.82, 2.24) is 20.1 Å². The second kappa shape index (κ2) is 10.0. The fourth-order valence-electron chi connectivity index (χ4n) is 3.16. The Morgan fingerprint density at radius 3 is 2.63 bits per heavy atom. The molecule has 0 atom stereocenters. The molecule has 1 aromatic heterocycles. The van der Waals surface area contributed by atoms with E-state index in [2.05, 4.69) is 68.2 Å². The monoisotopic (exact) mass is 366 g/mol. The van der Waals surface area contributed by atoms with Crippen LogP contribution >= 0.6 is 0 Å². The third-order valence-corrected chi connectivity index (χ3v) is 4.89. The van der Waals surface area contributed by atoms with Gasteiger partial charge in [0.25, 0.3) is 0 Å². The lowest BCUT2D eigenvalue weighted by molar-refractivity contribution is 0.283. The van der Waals surface area contributed by atoms with Crippen LogP contribution in [0.25, 0.3) is 6.08 Å². The average molecular weight is 367 g/mol. The number of aromatic nitrogens is 3. The zero-order chi connectivity index (χ0) is 18.9. The van der Waals surface area contributed by atoms with Gasteiger partial charge >= 0.3 is 0 Å². The van der Waals surface area contributed by atoms with Gasteiger partial charge in [0, 0.05) is 46.3 Å². The summed E-state index contributed by atoms with van der Waals surface area (Å²) in [5.74, 6) is 1.65. The fraction of sp³-hybridized carbons (Fsp3) is 0.476. The van der Waals surface area contributed by atoms with Crippen LogP contribution in [0.15, 0.2) is 42.6 Å². The summed E-state index contributed by atoms with van der Waals surface area (Å²) < 4.78 is 0. The number of hydrogen-bond donors (Lipinski definition) is 0. The Morgan fingerprint density at radius 2 is 1.89 bits per heavy atom. The number of anilines is 2. The van der Waals surface area contributed by atoms with E-state index in [1.165, 1.54) is 5.56 Å². The maximum atomic E-state index is 4.72. The fourth-order valence-corrected chi connectivity index (χ4v) is 3.16. The molecular formula is C21H30N6. The van der Waals surface area contributed by atoms with E-state index in [1.54, 1.807) is 6.20 Å². The van der Waals surface area contributed by atoms with E-state index in [0.29, 0.717) is 5.95 Å². The van der Waals surface area contributed by atoms with E-state index in [-0.39, 0.29) is 0 Å². The summed E-state index contributed by atoms with van der Waals surface area (Å²) in [5, 5.41) is 8.36. The Kier molecular flexibility index (Phi) is 7.16. The molecule has 1 saturated heterocycles. The first-order chi connectivity index (χ1) is 13.3. The van der Waals surface area contributed by atoms with Crippen LogP contribution in [0, 0.1) is 0 Å². The topological polar surface area (TPSA) is 48.4 Å². The molecule has 0 spiro atoms. The van der Waals surface area contributed by atoms with E-state index >= 15 is 0 Å². The smallest absolute Gasteiger partial charge is 0.247 e. The predicted molar refractivity (Wildman–Crippen MR) is 112 cm³/mol. The van der Waals surface area contributed by atoms with Gasteiger partial charge in [0.05, 0.1) is 6.20 Å². The van der Waals surface area contributed by atoms with Gasteiger partial charge in [-0.05, 0) is 12.0 Å². The molecule has 0 radical (unpaired) electrons. The van der Waals surface area contributed by atoms with Crippen molar-refractivity contribution in [3.63, 3.8) is 0 Å². The lowest BCUT2D eigenvalue weighted by Crippen LogP contribution is -2.46. The molecule has 0 N–H and O–H groups in total. The first-order valence-electron chi connectivity index (χ1n) is 9.86. The van der Waals surface area contributed by atoms with Crippen molar-refractivity contribution >= 4 is 17.8 Å². The summed E-state index contributed by atoms with van der Waals surface area (Å²) >= 11 is 0. The van der Waals surface area contributed by atoms with Crippen LogP contribution in [0.2, 0.25) is 0 Å². The summed E-state index contributed by atoms with van der Waals surface area (Å²) in [6.07, 6.45) is 8.52. The normalized spacial score (nSPS) is 15.4. The highest BCUT2D eigenvalue weighted by Crippen LogP contribution is 2.15. The molecule has 1 aliphatic rings. The molecular weight excluding hydrogens is 336 g/mol. The van der Waals surface area contributed by atoms with Gasteiger partial charge in [-0.2, -0.15) is 10.1 Å². The minimum atomic E-state index is 0.717. The SMILES string of the molecule is CCCCN(C)c1nncc(N2CCN(C/C=C/c3ccccc3)CC2)n1. The summed E-state index contributed by atoms with van der Waals surface area (Å²) in [7, 11) is 2.04. The Balaban J connectivity index is 1.49. The molecule has 1 aliphatic heterocycles. The van der Waals surface area contributed by atoms with Crippen molar-refractivity contribution in [2.24, 2.45) is 0 Å². The van der Waals surface area contributed by atoms with Gasteiger partial charge in [-0.1, -0.05) is 55.8 Å². The van der Waals surface area contributed by atoms with Crippen molar-refractivity contribution in [2.75, 3.05) is 56.1 Å². The molecule has 6 heteroatoms. The maximum Gasteiger partial charge on any atom is 0.247 e. The molecule has 0 unspecified atom stereocenters. The minimum absolute atomic E-state index is 0.717. The van der Waals surface area contributed by atoms with Crippen molar-refractivity contribution in [2.45, 2.75) is 19.8 Å². The van der Waals surface area contributed by atoms with Crippen molar-refractivity contribution < 1.29 is 0 Å². The molecule has 27 heavy (non-hydrogen) atoms. The van der Waals surface area contributed by atoms with E-state index < -0.39 is 0 Å².